The number of hydrogen-bond acceptors (Lipinski definition) is 2. The van der Waals surface area contributed by atoms with Crippen LogP contribution >= 0.6 is 0 Å². The van der Waals surface area contributed by atoms with Gasteiger partial charge in [-0.1, -0.05) is 25.1 Å². The highest BCUT2D eigenvalue weighted by atomic mass is 15.0. The van der Waals surface area contributed by atoms with E-state index in [0.29, 0.717) is 12.0 Å². The van der Waals surface area contributed by atoms with E-state index in [1.807, 2.05) is 12.4 Å². The Hall–Kier alpha value is -1.77. The number of rotatable bonds is 2. The molecule has 0 spiro atoms. The second-order valence-corrected chi connectivity index (χ2v) is 5.25. The van der Waals surface area contributed by atoms with Gasteiger partial charge in [0.25, 0.3) is 0 Å². The van der Waals surface area contributed by atoms with Gasteiger partial charge >= 0.3 is 0 Å². The molecule has 0 radical (unpaired) electrons. The van der Waals surface area contributed by atoms with E-state index in [1.54, 1.807) is 0 Å². The summed E-state index contributed by atoms with van der Waals surface area (Å²) >= 11 is 0. The molecule has 1 aliphatic rings. The predicted octanol–water partition coefficient (Wildman–Crippen LogP) is 2.64. The minimum atomic E-state index is 0.473. The molecular weight excluding hydrogens is 222 g/mol. The van der Waals surface area contributed by atoms with Gasteiger partial charge in [-0.05, 0) is 24.0 Å². The van der Waals surface area contributed by atoms with E-state index in [-0.39, 0.29) is 0 Å². The number of hydrogen-bond donors (Lipinski definition) is 1. The molecule has 0 amide bonds. The van der Waals surface area contributed by atoms with Gasteiger partial charge in [-0.2, -0.15) is 0 Å². The summed E-state index contributed by atoms with van der Waals surface area (Å²) in [5.41, 5.74) is 2.72. The maximum atomic E-state index is 4.42. The summed E-state index contributed by atoms with van der Waals surface area (Å²) in [5.74, 6) is 1.79. The second-order valence-electron chi connectivity index (χ2n) is 5.25. The van der Waals surface area contributed by atoms with E-state index >= 15 is 0 Å². The highest BCUT2D eigenvalue weighted by Gasteiger charge is 2.25. The third-order valence-corrected chi connectivity index (χ3v) is 3.91. The molecule has 0 saturated carbocycles. The van der Waals surface area contributed by atoms with Crippen LogP contribution < -0.4 is 5.32 Å². The number of aryl methyl sites for hydroxylation is 1. The molecule has 0 aliphatic carbocycles. The zero-order valence-electron chi connectivity index (χ0n) is 10.9. The Kier molecular flexibility index (Phi) is 2.82. The first kappa shape index (κ1) is 11.3. The first-order chi connectivity index (χ1) is 8.74. The van der Waals surface area contributed by atoms with Crippen LogP contribution in [-0.4, -0.2) is 15.6 Å². The van der Waals surface area contributed by atoms with E-state index in [2.05, 4.69) is 53.1 Å². The SMILES string of the molecule is CC1Cc2ccccc2NC1Cc1nccn1C. The number of para-hydroxylation sites is 1. The lowest BCUT2D eigenvalue weighted by molar-refractivity contribution is 0.451. The van der Waals surface area contributed by atoms with Crippen LogP contribution in [0.5, 0.6) is 0 Å². The largest absolute Gasteiger partial charge is 0.381 e. The quantitative estimate of drug-likeness (QED) is 0.876. The summed E-state index contributed by atoms with van der Waals surface area (Å²) in [6.45, 7) is 2.32. The predicted molar refractivity (Wildman–Crippen MR) is 73.6 cm³/mol. The van der Waals surface area contributed by atoms with Crippen LogP contribution in [0.15, 0.2) is 36.7 Å². The van der Waals surface area contributed by atoms with E-state index < -0.39 is 0 Å². The van der Waals surface area contributed by atoms with Gasteiger partial charge in [-0.15, -0.1) is 0 Å². The number of nitrogens with one attached hydrogen (secondary N) is 1. The highest BCUT2D eigenvalue weighted by molar-refractivity contribution is 5.54. The maximum absolute atomic E-state index is 4.42. The number of imidazole rings is 1. The number of aromatic nitrogens is 2. The van der Waals surface area contributed by atoms with E-state index in [0.717, 1.165) is 18.7 Å². The lowest BCUT2D eigenvalue weighted by atomic mass is 9.87. The molecule has 1 aliphatic heterocycles. The Bertz CT molecular complexity index is 544. The number of nitrogens with zero attached hydrogens (tertiary/aromatic N) is 2. The zero-order chi connectivity index (χ0) is 12.5. The summed E-state index contributed by atoms with van der Waals surface area (Å²) in [5, 5.41) is 3.66. The molecule has 2 unspecified atom stereocenters. The summed E-state index contributed by atoms with van der Waals surface area (Å²) < 4.78 is 2.11. The normalized spacial score (nSPS) is 22.3. The first-order valence-electron chi connectivity index (χ1n) is 6.54. The van der Waals surface area contributed by atoms with Crippen molar-refractivity contribution in [3.63, 3.8) is 0 Å². The van der Waals surface area contributed by atoms with Crippen molar-refractivity contribution in [1.82, 2.24) is 9.55 Å². The summed E-state index contributed by atoms with van der Waals surface area (Å²) in [6, 6.07) is 9.08. The molecule has 1 aromatic carbocycles. The fourth-order valence-corrected chi connectivity index (χ4v) is 2.71. The molecule has 3 nitrogen and oxygen atoms in total. The van der Waals surface area contributed by atoms with E-state index in [9.17, 15) is 0 Å². The minimum Gasteiger partial charge on any atom is -0.381 e. The fourth-order valence-electron chi connectivity index (χ4n) is 2.71. The molecule has 3 rings (SSSR count). The van der Waals surface area contributed by atoms with Crippen molar-refractivity contribution in [2.45, 2.75) is 25.8 Å². The summed E-state index contributed by atoms with van der Waals surface area (Å²) in [6.07, 6.45) is 6.02. The van der Waals surface area contributed by atoms with Crippen LogP contribution in [0.4, 0.5) is 5.69 Å². The van der Waals surface area contributed by atoms with Gasteiger partial charge in [-0.25, -0.2) is 4.98 Å². The van der Waals surface area contributed by atoms with Crippen LogP contribution in [0.25, 0.3) is 0 Å². The molecule has 18 heavy (non-hydrogen) atoms. The van der Waals surface area contributed by atoms with Crippen LogP contribution in [0.1, 0.15) is 18.3 Å². The van der Waals surface area contributed by atoms with E-state index in [4.69, 9.17) is 0 Å². The van der Waals surface area contributed by atoms with Gasteiger partial charge < -0.3 is 9.88 Å². The molecular formula is C15H19N3. The van der Waals surface area contributed by atoms with Crippen molar-refractivity contribution < 1.29 is 0 Å². The monoisotopic (exact) mass is 241 g/mol. The van der Waals surface area contributed by atoms with Gasteiger partial charge in [-0.3, -0.25) is 0 Å². The van der Waals surface area contributed by atoms with Crippen molar-refractivity contribution in [2.75, 3.05) is 5.32 Å². The van der Waals surface area contributed by atoms with Crippen molar-refractivity contribution in [1.29, 1.82) is 0 Å². The number of fused-ring (bicyclic) bond motifs is 1. The van der Waals surface area contributed by atoms with Crippen molar-refractivity contribution in [3.05, 3.63) is 48.0 Å². The third kappa shape index (κ3) is 2.01. The van der Waals surface area contributed by atoms with Gasteiger partial charge in [0.05, 0.1) is 0 Å². The van der Waals surface area contributed by atoms with Crippen molar-refractivity contribution >= 4 is 5.69 Å². The molecule has 0 bridgehead atoms. The second kappa shape index (κ2) is 4.48. The van der Waals surface area contributed by atoms with Gasteiger partial charge in [0, 0.05) is 37.6 Å². The zero-order valence-corrected chi connectivity index (χ0v) is 10.9. The van der Waals surface area contributed by atoms with Gasteiger partial charge in [0.2, 0.25) is 0 Å². The molecule has 0 saturated heterocycles. The fraction of sp³-hybridized carbons (Fsp3) is 0.400. The Morgan fingerprint density at radius 1 is 1.39 bits per heavy atom. The molecule has 94 valence electrons. The Balaban J connectivity index is 1.81. The smallest absolute Gasteiger partial charge is 0.110 e. The lowest BCUT2D eigenvalue weighted by Crippen LogP contribution is -2.35. The van der Waals surface area contributed by atoms with Crippen molar-refractivity contribution in [3.8, 4) is 0 Å². The Morgan fingerprint density at radius 2 is 2.22 bits per heavy atom. The van der Waals surface area contributed by atoms with Gasteiger partial charge in [0.1, 0.15) is 5.82 Å². The molecule has 2 aromatic rings. The summed E-state index contributed by atoms with van der Waals surface area (Å²) in [7, 11) is 2.06. The average Bonchev–Trinajstić information content (AvgIpc) is 2.76. The third-order valence-electron chi connectivity index (χ3n) is 3.91. The minimum absolute atomic E-state index is 0.473. The van der Waals surface area contributed by atoms with Crippen LogP contribution in [0.3, 0.4) is 0 Å². The molecule has 0 fully saturated rings. The Labute approximate surface area is 108 Å². The average molecular weight is 241 g/mol. The summed E-state index contributed by atoms with van der Waals surface area (Å²) in [4.78, 5) is 4.42. The standard InChI is InChI=1S/C15H19N3/c1-11-9-12-5-3-4-6-13(12)17-14(11)10-15-16-7-8-18(15)2/h3-8,11,14,17H,9-10H2,1-2H3. The van der Waals surface area contributed by atoms with Crippen LogP contribution in [0.2, 0.25) is 0 Å². The first-order valence-corrected chi connectivity index (χ1v) is 6.54. The molecule has 2 heterocycles. The van der Waals surface area contributed by atoms with Gasteiger partial charge in [0.15, 0.2) is 0 Å². The Morgan fingerprint density at radius 3 is 3.00 bits per heavy atom. The highest BCUT2D eigenvalue weighted by Crippen LogP contribution is 2.29. The van der Waals surface area contributed by atoms with E-state index in [1.165, 1.54) is 11.3 Å². The van der Waals surface area contributed by atoms with Crippen LogP contribution in [-0.2, 0) is 19.9 Å². The van der Waals surface area contributed by atoms with Crippen molar-refractivity contribution in [2.24, 2.45) is 13.0 Å². The number of benzene rings is 1. The molecule has 1 N–H and O–H groups in total. The maximum Gasteiger partial charge on any atom is 0.110 e. The van der Waals surface area contributed by atoms with Crippen LogP contribution in [0, 0.1) is 5.92 Å². The number of anilines is 1. The molecule has 3 heteroatoms. The molecule has 1 aromatic heterocycles. The lowest BCUT2D eigenvalue weighted by Gasteiger charge is -2.32. The topological polar surface area (TPSA) is 29.9 Å². The molecule has 2 atom stereocenters.